The Hall–Kier alpha value is -1.81. The van der Waals surface area contributed by atoms with E-state index in [2.05, 4.69) is 15.9 Å². The molecule has 0 fully saturated rings. The number of halogens is 2. The fourth-order valence-electron chi connectivity index (χ4n) is 2.11. The molecule has 0 saturated heterocycles. The van der Waals surface area contributed by atoms with Gasteiger partial charge in [0.25, 0.3) is 0 Å². The van der Waals surface area contributed by atoms with Crippen LogP contribution >= 0.6 is 15.9 Å². The molecule has 0 aliphatic rings. The van der Waals surface area contributed by atoms with Crippen molar-refractivity contribution in [3.63, 3.8) is 0 Å². The first-order valence-corrected chi connectivity index (χ1v) is 6.59. The van der Waals surface area contributed by atoms with E-state index in [1.165, 1.54) is 6.07 Å². The van der Waals surface area contributed by atoms with E-state index < -0.39 is 0 Å². The fraction of sp³-hybridized carbons (Fsp3) is 0.0667. The highest BCUT2D eigenvalue weighted by atomic mass is 79.9. The number of benzene rings is 2. The molecule has 19 heavy (non-hydrogen) atoms. The second-order valence-electron chi connectivity index (χ2n) is 4.21. The molecule has 3 rings (SSSR count). The summed E-state index contributed by atoms with van der Waals surface area (Å²) in [6, 6.07) is 12.9. The zero-order valence-corrected chi connectivity index (χ0v) is 11.8. The summed E-state index contributed by atoms with van der Waals surface area (Å²) in [6.45, 7) is 0. The van der Waals surface area contributed by atoms with Gasteiger partial charge in [0.05, 0.1) is 17.1 Å². The Labute approximate surface area is 118 Å². The molecule has 0 unspecified atom stereocenters. The first-order chi connectivity index (χ1) is 9.19. The second kappa shape index (κ2) is 4.70. The topological polar surface area (TPSA) is 14.2 Å². The minimum absolute atomic E-state index is 0.270. The second-order valence-corrected chi connectivity index (χ2v) is 5.06. The molecule has 0 saturated carbocycles. The molecule has 1 aromatic heterocycles. The van der Waals surface area contributed by atoms with Gasteiger partial charge in [-0.2, -0.15) is 0 Å². The number of nitrogens with zero attached hydrogens (tertiary/aromatic N) is 1. The van der Waals surface area contributed by atoms with Gasteiger partial charge in [-0.1, -0.05) is 0 Å². The molecule has 0 spiro atoms. The SMILES string of the molecule is COc1ccc2c(ccn2-c2ccc(Br)c(F)c2)c1. The summed E-state index contributed by atoms with van der Waals surface area (Å²) in [7, 11) is 1.64. The number of fused-ring (bicyclic) bond motifs is 1. The molecule has 0 amide bonds. The summed E-state index contributed by atoms with van der Waals surface area (Å²) in [5, 5.41) is 1.06. The molecular formula is C15H11BrFNO. The molecule has 1 heterocycles. The van der Waals surface area contributed by atoms with Gasteiger partial charge in [0, 0.05) is 17.3 Å². The molecule has 0 atom stereocenters. The van der Waals surface area contributed by atoms with Crippen molar-refractivity contribution in [2.75, 3.05) is 7.11 Å². The first-order valence-electron chi connectivity index (χ1n) is 5.79. The largest absolute Gasteiger partial charge is 0.497 e. The summed E-state index contributed by atoms with van der Waals surface area (Å²) < 4.78 is 21.2. The van der Waals surface area contributed by atoms with Crippen LogP contribution in [0.3, 0.4) is 0 Å². The van der Waals surface area contributed by atoms with Gasteiger partial charge in [-0.25, -0.2) is 4.39 Å². The summed E-state index contributed by atoms with van der Waals surface area (Å²) in [5.41, 5.74) is 1.81. The van der Waals surface area contributed by atoms with Gasteiger partial charge in [-0.3, -0.25) is 0 Å². The van der Waals surface area contributed by atoms with Gasteiger partial charge < -0.3 is 9.30 Å². The monoisotopic (exact) mass is 319 g/mol. The van der Waals surface area contributed by atoms with E-state index in [-0.39, 0.29) is 5.82 Å². The van der Waals surface area contributed by atoms with Crippen LogP contribution in [0.5, 0.6) is 5.75 Å². The third kappa shape index (κ3) is 2.12. The molecular weight excluding hydrogens is 309 g/mol. The standard InChI is InChI=1S/C15H11BrFNO/c1-19-12-3-5-15-10(8-12)6-7-18(15)11-2-4-13(16)14(17)9-11/h2-9H,1H3. The van der Waals surface area contributed by atoms with E-state index in [4.69, 9.17) is 4.74 Å². The minimum Gasteiger partial charge on any atom is -0.497 e. The number of rotatable bonds is 2. The maximum Gasteiger partial charge on any atom is 0.139 e. The average molecular weight is 320 g/mol. The lowest BCUT2D eigenvalue weighted by Gasteiger charge is -2.07. The van der Waals surface area contributed by atoms with Crippen molar-refractivity contribution in [1.82, 2.24) is 4.57 Å². The average Bonchev–Trinajstić information content (AvgIpc) is 2.84. The third-order valence-corrected chi connectivity index (χ3v) is 3.72. The van der Waals surface area contributed by atoms with Crippen molar-refractivity contribution in [2.45, 2.75) is 0 Å². The predicted molar refractivity (Wildman–Crippen MR) is 77.5 cm³/mol. The molecule has 2 aromatic carbocycles. The zero-order valence-electron chi connectivity index (χ0n) is 10.2. The number of hydrogen-bond acceptors (Lipinski definition) is 1. The molecule has 3 aromatic rings. The van der Waals surface area contributed by atoms with Crippen LogP contribution in [-0.4, -0.2) is 11.7 Å². The smallest absolute Gasteiger partial charge is 0.139 e. The van der Waals surface area contributed by atoms with Crippen LogP contribution in [0.4, 0.5) is 4.39 Å². The van der Waals surface area contributed by atoms with Crippen molar-refractivity contribution >= 4 is 26.8 Å². The maximum atomic E-state index is 13.6. The summed E-state index contributed by atoms with van der Waals surface area (Å²) in [6.07, 6.45) is 1.92. The summed E-state index contributed by atoms with van der Waals surface area (Å²) in [4.78, 5) is 0. The van der Waals surface area contributed by atoms with Gasteiger partial charge in [-0.05, 0) is 58.4 Å². The first kappa shape index (κ1) is 12.2. The van der Waals surface area contributed by atoms with Crippen LogP contribution in [0.15, 0.2) is 53.1 Å². The van der Waals surface area contributed by atoms with Gasteiger partial charge in [-0.15, -0.1) is 0 Å². The van der Waals surface area contributed by atoms with Crippen LogP contribution < -0.4 is 4.74 Å². The van der Waals surface area contributed by atoms with Gasteiger partial charge in [0.1, 0.15) is 11.6 Å². The fourth-order valence-corrected chi connectivity index (χ4v) is 2.35. The number of hydrogen-bond donors (Lipinski definition) is 0. The van der Waals surface area contributed by atoms with Gasteiger partial charge in [0.2, 0.25) is 0 Å². The predicted octanol–water partition coefficient (Wildman–Crippen LogP) is 4.54. The highest BCUT2D eigenvalue weighted by Gasteiger charge is 2.06. The lowest BCUT2D eigenvalue weighted by molar-refractivity contribution is 0.415. The van der Waals surface area contributed by atoms with E-state index in [9.17, 15) is 4.39 Å². The quantitative estimate of drug-likeness (QED) is 0.676. The van der Waals surface area contributed by atoms with Gasteiger partial charge >= 0.3 is 0 Å². The van der Waals surface area contributed by atoms with Crippen molar-refractivity contribution in [1.29, 1.82) is 0 Å². The Balaban J connectivity index is 2.17. The van der Waals surface area contributed by atoms with E-state index in [0.717, 1.165) is 22.3 Å². The summed E-state index contributed by atoms with van der Waals surface area (Å²) in [5.74, 6) is 0.542. The molecule has 0 aliphatic heterocycles. The maximum absolute atomic E-state index is 13.6. The Morgan fingerprint density at radius 3 is 2.68 bits per heavy atom. The number of aromatic nitrogens is 1. The highest BCUT2D eigenvalue weighted by molar-refractivity contribution is 9.10. The summed E-state index contributed by atoms with van der Waals surface area (Å²) >= 11 is 3.16. The Morgan fingerprint density at radius 1 is 1.11 bits per heavy atom. The highest BCUT2D eigenvalue weighted by Crippen LogP contribution is 2.26. The van der Waals surface area contributed by atoms with Crippen molar-refractivity contribution in [3.8, 4) is 11.4 Å². The van der Waals surface area contributed by atoms with Gasteiger partial charge in [0.15, 0.2) is 0 Å². The van der Waals surface area contributed by atoms with E-state index in [0.29, 0.717) is 4.47 Å². The zero-order chi connectivity index (χ0) is 13.4. The lowest BCUT2D eigenvalue weighted by atomic mass is 10.2. The van der Waals surface area contributed by atoms with Crippen molar-refractivity contribution in [2.24, 2.45) is 0 Å². The number of methoxy groups -OCH3 is 1. The molecule has 2 nitrogen and oxygen atoms in total. The third-order valence-electron chi connectivity index (χ3n) is 3.08. The van der Waals surface area contributed by atoms with E-state index in [1.54, 1.807) is 13.2 Å². The van der Waals surface area contributed by atoms with E-state index >= 15 is 0 Å². The van der Waals surface area contributed by atoms with Crippen LogP contribution in [0.2, 0.25) is 0 Å². The molecule has 4 heteroatoms. The van der Waals surface area contributed by atoms with Crippen LogP contribution in [0, 0.1) is 5.82 Å². The Kier molecular flexibility index (Phi) is 3.03. The van der Waals surface area contributed by atoms with Crippen molar-refractivity contribution in [3.05, 3.63) is 59.0 Å². The molecule has 0 radical (unpaired) electrons. The van der Waals surface area contributed by atoms with E-state index in [1.807, 2.05) is 41.1 Å². The van der Waals surface area contributed by atoms with Crippen LogP contribution in [0.25, 0.3) is 16.6 Å². The van der Waals surface area contributed by atoms with Crippen LogP contribution in [-0.2, 0) is 0 Å². The molecule has 96 valence electrons. The molecule has 0 N–H and O–H groups in total. The minimum atomic E-state index is -0.270. The van der Waals surface area contributed by atoms with Crippen molar-refractivity contribution < 1.29 is 9.13 Å². The number of ether oxygens (including phenoxy) is 1. The molecule has 0 bridgehead atoms. The molecule has 0 aliphatic carbocycles. The Morgan fingerprint density at radius 2 is 1.95 bits per heavy atom. The normalized spacial score (nSPS) is 10.9. The Bertz CT molecular complexity index is 751. The van der Waals surface area contributed by atoms with Crippen LogP contribution in [0.1, 0.15) is 0 Å². The lowest BCUT2D eigenvalue weighted by Crippen LogP contribution is -1.93.